The number of Topliss-reactive ketones (excluding diaryl/α,β-unsaturated/α-hetero) is 1. The third kappa shape index (κ3) is 3.31. The van der Waals surface area contributed by atoms with Crippen LogP contribution in [-0.2, 0) is 14.8 Å². The summed E-state index contributed by atoms with van der Waals surface area (Å²) in [5.74, 6) is 0.711. The zero-order valence-electron chi connectivity index (χ0n) is 15.3. The minimum Gasteiger partial charge on any atom is -0.494 e. The SMILES string of the molecule is CC(=O)CCCOc1ccc2c3ccccc3n(S(=O)(=O)c3cccs3)c2c1. The van der Waals surface area contributed by atoms with Gasteiger partial charge in [-0.1, -0.05) is 24.3 Å². The second-order valence-electron chi connectivity index (χ2n) is 6.55. The fourth-order valence-electron chi connectivity index (χ4n) is 3.28. The number of carbonyl (C=O) groups is 1. The Morgan fingerprint density at radius 3 is 2.57 bits per heavy atom. The third-order valence-electron chi connectivity index (χ3n) is 4.53. The molecule has 0 aliphatic rings. The molecule has 0 saturated carbocycles. The van der Waals surface area contributed by atoms with E-state index in [0.717, 1.165) is 10.8 Å². The number of rotatable bonds is 7. The molecule has 7 heteroatoms. The smallest absolute Gasteiger partial charge is 0.278 e. The summed E-state index contributed by atoms with van der Waals surface area (Å²) in [5, 5.41) is 3.48. The first-order valence-electron chi connectivity index (χ1n) is 8.93. The van der Waals surface area contributed by atoms with E-state index in [1.165, 1.54) is 15.3 Å². The van der Waals surface area contributed by atoms with Gasteiger partial charge in [0.15, 0.2) is 0 Å². The molecule has 0 N–H and O–H groups in total. The van der Waals surface area contributed by atoms with Crippen LogP contribution in [0.3, 0.4) is 0 Å². The second kappa shape index (κ2) is 7.41. The molecule has 0 saturated heterocycles. The number of ether oxygens (including phenoxy) is 1. The fourth-order valence-corrected chi connectivity index (χ4v) is 5.86. The van der Waals surface area contributed by atoms with Gasteiger partial charge in [0.2, 0.25) is 0 Å². The van der Waals surface area contributed by atoms with Crippen LogP contribution in [0.1, 0.15) is 19.8 Å². The molecule has 0 atom stereocenters. The monoisotopic (exact) mass is 413 g/mol. The summed E-state index contributed by atoms with van der Waals surface area (Å²) in [5.41, 5.74) is 1.22. The van der Waals surface area contributed by atoms with Crippen molar-refractivity contribution < 1.29 is 17.9 Å². The number of hydrogen-bond acceptors (Lipinski definition) is 5. The predicted octanol–water partition coefficient (Wildman–Crippen LogP) is 4.84. The first-order valence-corrected chi connectivity index (χ1v) is 11.2. The first-order chi connectivity index (χ1) is 13.5. The van der Waals surface area contributed by atoms with Crippen molar-refractivity contribution in [3.05, 3.63) is 60.0 Å². The average Bonchev–Trinajstić information content (AvgIpc) is 3.31. The lowest BCUT2D eigenvalue weighted by molar-refractivity contribution is -0.117. The molecular formula is C21H19NO4S2. The molecule has 0 fully saturated rings. The van der Waals surface area contributed by atoms with Crippen molar-refractivity contribution >= 4 is 48.9 Å². The van der Waals surface area contributed by atoms with E-state index in [2.05, 4.69) is 0 Å². The Balaban J connectivity index is 1.84. The highest BCUT2D eigenvalue weighted by atomic mass is 32.2. The molecule has 4 aromatic rings. The Morgan fingerprint density at radius 1 is 1.04 bits per heavy atom. The van der Waals surface area contributed by atoms with Gasteiger partial charge in [0.25, 0.3) is 10.0 Å². The van der Waals surface area contributed by atoms with Gasteiger partial charge in [0, 0.05) is 23.3 Å². The molecule has 0 bridgehead atoms. The number of hydrogen-bond donors (Lipinski definition) is 0. The summed E-state index contributed by atoms with van der Waals surface area (Å²) in [7, 11) is -3.72. The summed E-state index contributed by atoms with van der Waals surface area (Å²) in [4.78, 5) is 11.1. The Hall–Kier alpha value is -2.64. The van der Waals surface area contributed by atoms with Crippen molar-refractivity contribution in [1.29, 1.82) is 0 Å². The van der Waals surface area contributed by atoms with Gasteiger partial charge < -0.3 is 9.53 Å². The normalized spacial score (nSPS) is 11.9. The van der Waals surface area contributed by atoms with Crippen molar-refractivity contribution in [3.8, 4) is 5.75 Å². The molecule has 5 nitrogen and oxygen atoms in total. The van der Waals surface area contributed by atoms with E-state index >= 15 is 0 Å². The van der Waals surface area contributed by atoms with Crippen molar-refractivity contribution in [2.45, 2.75) is 24.0 Å². The highest BCUT2D eigenvalue weighted by Crippen LogP contribution is 2.35. The number of nitrogens with zero attached hydrogens (tertiary/aromatic N) is 1. The molecule has 4 rings (SSSR count). The lowest BCUT2D eigenvalue weighted by Crippen LogP contribution is -2.11. The lowest BCUT2D eigenvalue weighted by atomic mass is 10.1. The Bertz CT molecular complexity index is 1250. The lowest BCUT2D eigenvalue weighted by Gasteiger charge is -2.09. The standard InChI is InChI=1S/C21H19NO4S2/c1-15(23)6-4-12-26-16-10-11-18-17-7-2-3-8-19(17)22(20(18)14-16)28(24,25)21-9-5-13-27-21/h2-3,5,7-11,13-14H,4,6,12H2,1H3. The number of aromatic nitrogens is 1. The second-order valence-corrected chi connectivity index (χ2v) is 9.51. The van der Waals surface area contributed by atoms with Crippen LogP contribution in [0.15, 0.2) is 64.2 Å². The number of para-hydroxylation sites is 1. The van der Waals surface area contributed by atoms with Crippen molar-refractivity contribution in [2.24, 2.45) is 0 Å². The van der Waals surface area contributed by atoms with Crippen LogP contribution in [0, 0.1) is 0 Å². The molecule has 0 radical (unpaired) electrons. The topological polar surface area (TPSA) is 65.4 Å². The van der Waals surface area contributed by atoms with Gasteiger partial charge >= 0.3 is 0 Å². The maximum atomic E-state index is 13.3. The molecule has 2 heterocycles. The molecule has 0 spiro atoms. The Labute approximate surface area is 167 Å². The molecule has 2 aromatic carbocycles. The molecule has 2 aromatic heterocycles. The number of ketones is 1. The highest BCUT2D eigenvalue weighted by molar-refractivity contribution is 7.92. The van der Waals surface area contributed by atoms with Gasteiger partial charge in [-0.15, -0.1) is 11.3 Å². The van der Waals surface area contributed by atoms with Crippen LogP contribution in [0.25, 0.3) is 21.8 Å². The molecular weight excluding hydrogens is 394 g/mol. The molecule has 28 heavy (non-hydrogen) atoms. The van der Waals surface area contributed by atoms with E-state index in [4.69, 9.17) is 4.74 Å². The van der Waals surface area contributed by atoms with Crippen molar-refractivity contribution in [3.63, 3.8) is 0 Å². The quantitative estimate of drug-likeness (QED) is 0.407. The van der Waals surface area contributed by atoms with Gasteiger partial charge in [0.05, 0.1) is 17.6 Å². The van der Waals surface area contributed by atoms with Crippen LogP contribution in [0.4, 0.5) is 0 Å². The van der Waals surface area contributed by atoms with Crippen molar-refractivity contribution in [1.82, 2.24) is 3.97 Å². The zero-order valence-corrected chi connectivity index (χ0v) is 16.9. The van der Waals surface area contributed by atoms with Crippen LogP contribution >= 0.6 is 11.3 Å². The summed E-state index contributed by atoms with van der Waals surface area (Å²) in [6, 6.07) is 16.3. The van der Waals surface area contributed by atoms with Gasteiger partial charge in [-0.3, -0.25) is 0 Å². The summed E-state index contributed by atoms with van der Waals surface area (Å²) in [6.07, 6.45) is 1.10. The highest BCUT2D eigenvalue weighted by Gasteiger charge is 2.24. The number of carbonyl (C=O) groups excluding carboxylic acids is 1. The Kier molecular flexibility index (Phi) is 4.95. The number of thiophene rings is 1. The van der Waals surface area contributed by atoms with Gasteiger partial charge in [-0.25, -0.2) is 3.97 Å². The minimum absolute atomic E-state index is 0.126. The maximum Gasteiger partial charge on any atom is 0.278 e. The molecule has 0 amide bonds. The van der Waals surface area contributed by atoms with Crippen LogP contribution in [0.5, 0.6) is 5.75 Å². The van der Waals surface area contributed by atoms with E-state index in [1.54, 1.807) is 30.5 Å². The zero-order chi connectivity index (χ0) is 19.7. The van der Waals surface area contributed by atoms with E-state index in [9.17, 15) is 13.2 Å². The average molecular weight is 414 g/mol. The van der Waals surface area contributed by atoms with E-state index in [1.807, 2.05) is 36.4 Å². The summed E-state index contributed by atoms with van der Waals surface area (Å²) >= 11 is 1.20. The van der Waals surface area contributed by atoms with E-state index in [-0.39, 0.29) is 5.78 Å². The summed E-state index contributed by atoms with van der Waals surface area (Å²) in [6.45, 7) is 1.96. The predicted molar refractivity (Wildman–Crippen MR) is 112 cm³/mol. The third-order valence-corrected chi connectivity index (χ3v) is 7.63. The number of benzene rings is 2. The molecule has 0 aliphatic carbocycles. The molecule has 144 valence electrons. The maximum absolute atomic E-state index is 13.3. The van der Waals surface area contributed by atoms with Crippen LogP contribution in [0.2, 0.25) is 0 Å². The first kappa shape index (κ1) is 18.7. The minimum atomic E-state index is -3.72. The van der Waals surface area contributed by atoms with Gasteiger partial charge in [-0.05, 0) is 43.0 Å². The van der Waals surface area contributed by atoms with Gasteiger partial charge in [-0.2, -0.15) is 8.42 Å². The molecule has 0 unspecified atom stereocenters. The van der Waals surface area contributed by atoms with E-state index < -0.39 is 10.0 Å². The van der Waals surface area contributed by atoms with Gasteiger partial charge in [0.1, 0.15) is 15.7 Å². The van der Waals surface area contributed by atoms with Crippen molar-refractivity contribution in [2.75, 3.05) is 6.61 Å². The largest absolute Gasteiger partial charge is 0.494 e. The fraction of sp³-hybridized carbons (Fsp3) is 0.190. The summed E-state index contributed by atoms with van der Waals surface area (Å²) < 4.78 is 34.1. The molecule has 0 aliphatic heterocycles. The van der Waals surface area contributed by atoms with Crippen LogP contribution < -0.4 is 4.74 Å². The van der Waals surface area contributed by atoms with E-state index in [0.29, 0.717) is 40.4 Å². The van der Waals surface area contributed by atoms with Crippen LogP contribution in [-0.4, -0.2) is 24.8 Å². The number of fused-ring (bicyclic) bond motifs is 3. The Morgan fingerprint density at radius 2 is 1.82 bits per heavy atom.